The Morgan fingerprint density at radius 2 is 2.29 bits per heavy atom. The number of carbonyl (C=O) groups excluding carboxylic acids is 1. The van der Waals surface area contributed by atoms with E-state index in [9.17, 15) is 13.2 Å². The molecule has 0 aliphatic carbocycles. The van der Waals surface area contributed by atoms with Gasteiger partial charge in [-0.1, -0.05) is 5.16 Å². The maximum Gasteiger partial charge on any atom is 0.321 e. The van der Waals surface area contributed by atoms with Crippen LogP contribution in [0.3, 0.4) is 0 Å². The minimum Gasteiger partial charge on any atom is -0.398 e. The number of amides is 2. The first-order valence-corrected chi connectivity index (χ1v) is 5.07. The van der Waals surface area contributed by atoms with E-state index >= 15 is 0 Å². The molecular formula is C5H9N3O5S. The summed E-state index contributed by atoms with van der Waals surface area (Å²) in [4.78, 5) is 15.2. The summed E-state index contributed by atoms with van der Waals surface area (Å²) >= 11 is 0. The first kappa shape index (κ1) is 10.7. The summed E-state index contributed by atoms with van der Waals surface area (Å²) in [6.45, 7) is 0. The van der Waals surface area contributed by atoms with Crippen LogP contribution in [0.25, 0.3) is 0 Å². The second-order valence-electron chi connectivity index (χ2n) is 2.53. The number of nitrogens with zero attached hydrogens (tertiary/aromatic N) is 1. The molecule has 8 nitrogen and oxygen atoms in total. The van der Waals surface area contributed by atoms with E-state index in [1.165, 1.54) is 7.11 Å². The highest BCUT2D eigenvalue weighted by atomic mass is 32.2. The van der Waals surface area contributed by atoms with Crippen molar-refractivity contribution >= 4 is 22.0 Å². The summed E-state index contributed by atoms with van der Waals surface area (Å²) in [6, 6.07) is -0.755. The van der Waals surface area contributed by atoms with Gasteiger partial charge in [-0.2, -0.15) is 8.42 Å². The van der Waals surface area contributed by atoms with Crippen molar-refractivity contribution in [2.24, 2.45) is 5.16 Å². The molecule has 0 bridgehead atoms. The largest absolute Gasteiger partial charge is 0.398 e. The lowest BCUT2D eigenvalue weighted by Gasteiger charge is -2.22. The van der Waals surface area contributed by atoms with Crippen LogP contribution in [0.2, 0.25) is 0 Å². The van der Waals surface area contributed by atoms with E-state index < -0.39 is 21.5 Å². The quantitative estimate of drug-likeness (QED) is 0.404. The zero-order valence-corrected chi connectivity index (χ0v) is 8.04. The summed E-state index contributed by atoms with van der Waals surface area (Å²) in [7, 11) is -3.06. The SMILES string of the molecule is CO/N=C1/CC(S(=O)(=O)O)NC(=O)N1. The van der Waals surface area contributed by atoms with Gasteiger partial charge in [-0.05, 0) is 0 Å². The highest BCUT2D eigenvalue weighted by Gasteiger charge is 2.31. The molecule has 1 atom stereocenters. The van der Waals surface area contributed by atoms with Gasteiger partial charge in [0.15, 0.2) is 11.2 Å². The molecule has 0 radical (unpaired) electrons. The maximum atomic E-state index is 10.9. The number of hydrogen-bond acceptors (Lipinski definition) is 5. The minimum absolute atomic E-state index is 0.0406. The summed E-state index contributed by atoms with van der Waals surface area (Å²) < 4.78 is 30.1. The fourth-order valence-electron chi connectivity index (χ4n) is 0.941. The van der Waals surface area contributed by atoms with Crippen LogP contribution in [0.4, 0.5) is 4.79 Å². The van der Waals surface area contributed by atoms with Crippen molar-refractivity contribution in [1.82, 2.24) is 10.6 Å². The van der Waals surface area contributed by atoms with E-state index in [0.717, 1.165) is 0 Å². The van der Waals surface area contributed by atoms with Crippen molar-refractivity contribution in [1.29, 1.82) is 0 Å². The topological polar surface area (TPSA) is 117 Å². The molecule has 14 heavy (non-hydrogen) atoms. The van der Waals surface area contributed by atoms with E-state index in [4.69, 9.17) is 4.55 Å². The number of rotatable bonds is 2. The van der Waals surface area contributed by atoms with Gasteiger partial charge in [0.1, 0.15) is 7.11 Å². The van der Waals surface area contributed by atoms with Crippen LogP contribution in [0.15, 0.2) is 5.16 Å². The molecule has 1 aliphatic heterocycles. The van der Waals surface area contributed by atoms with Gasteiger partial charge in [0, 0.05) is 6.42 Å². The Kier molecular flexibility index (Phi) is 2.91. The zero-order chi connectivity index (χ0) is 10.8. The molecule has 0 saturated carbocycles. The van der Waals surface area contributed by atoms with E-state index in [0.29, 0.717) is 0 Å². The highest BCUT2D eigenvalue weighted by molar-refractivity contribution is 7.86. The van der Waals surface area contributed by atoms with Crippen LogP contribution in [0.1, 0.15) is 6.42 Å². The van der Waals surface area contributed by atoms with Crippen LogP contribution in [0, 0.1) is 0 Å². The predicted molar refractivity (Wildman–Crippen MR) is 46.1 cm³/mol. The Balaban J connectivity index is 2.84. The molecule has 1 fully saturated rings. The summed E-state index contributed by atoms with van der Waals surface area (Å²) in [5.74, 6) is 0.0406. The second-order valence-corrected chi connectivity index (χ2v) is 4.13. The van der Waals surface area contributed by atoms with Crippen molar-refractivity contribution in [3.8, 4) is 0 Å². The molecule has 1 heterocycles. The fraction of sp³-hybridized carbons (Fsp3) is 0.600. The average Bonchev–Trinajstić information content (AvgIpc) is 2.02. The minimum atomic E-state index is -4.32. The lowest BCUT2D eigenvalue weighted by atomic mass is 10.3. The standard InChI is InChI=1S/C5H9N3O5S/c1-13-8-3-2-4(14(10,11)12)7-5(9)6-3/h4H,2H2,1H3,(H,10,11,12)(H2,6,7,8,9). The van der Waals surface area contributed by atoms with Crippen molar-refractivity contribution in [2.45, 2.75) is 11.8 Å². The Morgan fingerprint density at radius 3 is 2.79 bits per heavy atom. The average molecular weight is 223 g/mol. The molecule has 1 saturated heterocycles. The van der Waals surface area contributed by atoms with Gasteiger partial charge in [0.25, 0.3) is 10.1 Å². The number of urea groups is 1. The number of amidine groups is 1. The highest BCUT2D eigenvalue weighted by Crippen LogP contribution is 2.05. The van der Waals surface area contributed by atoms with Gasteiger partial charge in [-0.25, -0.2) is 4.79 Å². The predicted octanol–water partition coefficient (Wildman–Crippen LogP) is -1.14. The maximum absolute atomic E-state index is 10.9. The second kappa shape index (κ2) is 3.80. The smallest absolute Gasteiger partial charge is 0.321 e. The molecule has 0 aromatic rings. The molecule has 1 unspecified atom stereocenters. The normalized spacial score (nSPS) is 25.4. The number of oxime groups is 1. The molecule has 0 aromatic carbocycles. The Morgan fingerprint density at radius 1 is 1.64 bits per heavy atom. The lowest BCUT2D eigenvalue weighted by Crippen LogP contribution is -2.55. The summed E-state index contributed by atoms with van der Waals surface area (Å²) in [5, 5.41) is 6.22. The Bertz CT molecular complexity index is 362. The third-order valence-electron chi connectivity index (χ3n) is 1.49. The van der Waals surface area contributed by atoms with Gasteiger partial charge in [0.2, 0.25) is 0 Å². The Labute approximate surface area is 80.0 Å². The van der Waals surface area contributed by atoms with Gasteiger partial charge in [-0.15, -0.1) is 0 Å². The number of nitrogens with one attached hydrogen (secondary N) is 2. The molecule has 1 rings (SSSR count). The molecule has 2 amide bonds. The van der Waals surface area contributed by atoms with Crippen molar-refractivity contribution in [2.75, 3.05) is 7.11 Å². The fourth-order valence-corrected chi connectivity index (χ4v) is 1.57. The van der Waals surface area contributed by atoms with Crippen molar-refractivity contribution in [3.05, 3.63) is 0 Å². The van der Waals surface area contributed by atoms with Crippen LogP contribution in [-0.2, 0) is 15.0 Å². The van der Waals surface area contributed by atoms with Crippen LogP contribution in [0.5, 0.6) is 0 Å². The molecular weight excluding hydrogens is 214 g/mol. The third-order valence-corrected chi connectivity index (χ3v) is 2.49. The molecule has 80 valence electrons. The first-order chi connectivity index (χ1) is 6.43. The van der Waals surface area contributed by atoms with Gasteiger partial charge < -0.3 is 10.2 Å². The van der Waals surface area contributed by atoms with Crippen molar-refractivity contribution < 1.29 is 22.6 Å². The van der Waals surface area contributed by atoms with E-state index in [1.807, 2.05) is 5.32 Å². The molecule has 9 heteroatoms. The Hall–Kier alpha value is -1.35. The number of hydrogen-bond donors (Lipinski definition) is 3. The van der Waals surface area contributed by atoms with E-state index in [2.05, 4.69) is 15.3 Å². The lowest BCUT2D eigenvalue weighted by molar-refractivity contribution is 0.208. The molecule has 1 aliphatic rings. The van der Waals surface area contributed by atoms with Gasteiger partial charge in [0.05, 0.1) is 0 Å². The third kappa shape index (κ3) is 2.57. The summed E-state index contributed by atoms with van der Waals surface area (Å²) in [5.41, 5.74) is 0. The van der Waals surface area contributed by atoms with Crippen molar-refractivity contribution in [3.63, 3.8) is 0 Å². The zero-order valence-electron chi connectivity index (χ0n) is 7.22. The molecule has 0 aromatic heterocycles. The summed E-state index contributed by atoms with van der Waals surface area (Å²) in [6.07, 6.45) is -0.168. The van der Waals surface area contributed by atoms with Crippen LogP contribution >= 0.6 is 0 Å². The first-order valence-electron chi connectivity index (χ1n) is 3.57. The monoisotopic (exact) mass is 223 g/mol. The van der Waals surface area contributed by atoms with E-state index in [-0.39, 0.29) is 12.3 Å². The number of carbonyl (C=O) groups is 1. The molecule has 3 N–H and O–H groups in total. The van der Waals surface area contributed by atoms with Gasteiger partial charge in [-0.3, -0.25) is 9.87 Å². The van der Waals surface area contributed by atoms with Gasteiger partial charge >= 0.3 is 6.03 Å². The van der Waals surface area contributed by atoms with Crippen LogP contribution < -0.4 is 10.6 Å². The van der Waals surface area contributed by atoms with Crippen LogP contribution in [-0.4, -0.2) is 37.3 Å². The molecule has 0 spiro atoms. The van der Waals surface area contributed by atoms with E-state index in [1.54, 1.807) is 0 Å².